The maximum absolute atomic E-state index is 11.2. The smallest absolute Gasteiger partial charge is 0.223 e. The molecule has 0 aliphatic heterocycles. The lowest BCUT2D eigenvalue weighted by Crippen LogP contribution is -2.34. The Morgan fingerprint density at radius 2 is 1.93 bits per heavy atom. The summed E-state index contributed by atoms with van der Waals surface area (Å²) < 4.78 is 0. The minimum atomic E-state index is 0.0320. The summed E-state index contributed by atoms with van der Waals surface area (Å²) in [7, 11) is 1.62. The minimum absolute atomic E-state index is 0.0320. The van der Waals surface area contributed by atoms with Gasteiger partial charge in [-0.2, -0.15) is 0 Å². The van der Waals surface area contributed by atoms with Crippen LogP contribution in [-0.2, 0) is 9.59 Å². The third-order valence-corrected chi connectivity index (χ3v) is 2.36. The van der Waals surface area contributed by atoms with E-state index in [1.54, 1.807) is 7.05 Å². The van der Waals surface area contributed by atoms with Crippen molar-refractivity contribution in [3.05, 3.63) is 0 Å². The Morgan fingerprint density at radius 1 is 1.20 bits per heavy atom. The molecule has 1 aliphatic rings. The van der Waals surface area contributed by atoms with Crippen LogP contribution in [0.15, 0.2) is 0 Å². The van der Waals surface area contributed by atoms with Gasteiger partial charge in [0.25, 0.3) is 0 Å². The molecular formula is C10H19N3O2. The van der Waals surface area contributed by atoms with Crippen molar-refractivity contribution in [2.75, 3.05) is 26.7 Å². The predicted octanol–water partition coefficient (Wildman–Crippen LogP) is -0.762. The summed E-state index contributed by atoms with van der Waals surface area (Å²) in [6.45, 7) is 2.01. The van der Waals surface area contributed by atoms with Gasteiger partial charge >= 0.3 is 0 Å². The minimum Gasteiger partial charge on any atom is -0.359 e. The molecule has 15 heavy (non-hydrogen) atoms. The molecule has 5 heteroatoms. The molecule has 1 saturated carbocycles. The fourth-order valence-electron chi connectivity index (χ4n) is 1.22. The molecule has 0 aromatic rings. The molecule has 86 valence electrons. The van der Waals surface area contributed by atoms with Gasteiger partial charge in [0.15, 0.2) is 0 Å². The molecule has 0 radical (unpaired) electrons. The number of nitrogens with one attached hydrogen (secondary N) is 3. The monoisotopic (exact) mass is 213 g/mol. The van der Waals surface area contributed by atoms with Gasteiger partial charge in [-0.15, -0.1) is 0 Å². The zero-order valence-electron chi connectivity index (χ0n) is 9.14. The SMILES string of the molecule is CNC(=O)CCNCCNC(=O)C1CC1. The average Bonchev–Trinajstić information content (AvgIpc) is 3.05. The van der Waals surface area contributed by atoms with E-state index in [1.165, 1.54) is 0 Å². The lowest BCUT2D eigenvalue weighted by molar-refractivity contribution is -0.122. The zero-order chi connectivity index (χ0) is 11.1. The first-order valence-electron chi connectivity index (χ1n) is 5.43. The van der Waals surface area contributed by atoms with E-state index in [2.05, 4.69) is 16.0 Å². The first kappa shape index (κ1) is 12.0. The van der Waals surface area contributed by atoms with Crippen LogP contribution in [-0.4, -0.2) is 38.5 Å². The van der Waals surface area contributed by atoms with E-state index in [-0.39, 0.29) is 17.7 Å². The van der Waals surface area contributed by atoms with Gasteiger partial charge in [-0.25, -0.2) is 0 Å². The van der Waals surface area contributed by atoms with Crippen LogP contribution < -0.4 is 16.0 Å². The van der Waals surface area contributed by atoms with E-state index in [0.29, 0.717) is 19.5 Å². The number of hydrogen-bond acceptors (Lipinski definition) is 3. The summed E-state index contributed by atoms with van der Waals surface area (Å²) in [5, 5.41) is 8.48. The topological polar surface area (TPSA) is 70.2 Å². The molecule has 0 heterocycles. The normalized spacial score (nSPS) is 14.7. The molecule has 3 N–H and O–H groups in total. The highest BCUT2D eigenvalue weighted by Gasteiger charge is 2.28. The van der Waals surface area contributed by atoms with Gasteiger partial charge in [-0.05, 0) is 12.8 Å². The fraction of sp³-hybridized carbons (Fsp3) is 0.800. The van der Waals surface area contributed by atoms with E-state index in [9.17, 15) is 9.59 Å². The molecule has 0 aromatic heterocycles. The lowest BCUT2D eigenvalue weighted by atomic mass is 10.4. The predicted molar refractivity (Wildman–Crippen MR) is 57.3 cm³/mol. The highest BCUT2D eigenvalue weighted by atomic mass is 16.2. The quantitative estimate of drug-likeness (QED) is 0.487. The molecule has 0 saturated heterocycles. The summed E-state index contributed by atoms with van der Waals surface area (Å²) in [6.07, 6.45) is 2.55. The molecule has 1 aliphatic carbocycles. The van der Waals surface area contributed by atoms with Gasteiger partial charge in [0.1, 0.15) is 0 Å². The van der Waals surface area contributed by atoms with Crippen LogP contribution in [0.25, 0.3) is 0 Å². The number of amides is 2. The summed E-state index contributed by atoms with van der Waals surface area (Å²) in [6, 6.07) is 0. The molecule has 0 unspecified atom stereocenters. The Kier molecular flexibility index (Phi) is 5.10. The molecule has 5 nitrogen and oxygen atoms in total. The third-order valence-electron chi connectivity index (χ3n) is 2.36. The second-order valence-electron chi connectivity index (χ2n) is 3.74. The van der Waals surface area contributed by atoms with Crippen LogP contribution in [0, 0.1) is 5.92 Å². The van der Waals surface area contributed by atoms with E-state index in [0.717, 1.165) is 19.4 Å². The van der Waals surface area contributed by atoms with Crippen LogP contribution in [0.2, 0.25) is 0 Å². The van der Waals surface area contributed by atoms with Crippen LogP contribution >= 0.6 is 0 Å². The first-order valence-corrected chi connectivity index (χ1v) is 5.43. The summed E-state index contributed by atoms with van der Waals surface area (Å²) in [5.74, 6) is 0.475. The van der Waals surface area contributed by atoms with Crippen LogP contribution in [0.4, 0.5) is 0 Å². The zero-order valence-corrected chi connectivity index (χ0v) is 9.14. The van der Waals surface area contributed by atoms with Gasteiger partial charge in [-0.1, -0.05) is 0 Å². The molecule has 2 amide bonds. The third kappa shape index (κ3) is 5.37. The van der Waals surface area contributed by atoms with Crippen molar-refractivity contribution in [3.63, 3.8) is 0 Å². The Labute approximate surface area is 90.0 Å². The highest BCUT2D eigenvalue weighted by Crippen LogP contribution is 2.28. The van der Waals surface area contributed by atoms with E-state index in [4.69, 9.17) is 0 Å². The van der Waals surface area contributed by atoms with Crippen molar-refractivity contribution in [2.24, 2.45) is 5.92 Å². The second kappa shape index (κ2) is 6.40. The van der Waals surface area contributed by atoms with Gasteiger partial charge in [0, 0.05) is 39.0 Å². The average molecular weight is 213 g/mol. The standard InChI is InChI=1S/C10H19N3O2/c1-11-9(14)4-5-12-6-7-13-10(15)8-2-3-8/h8,12H,2-7H2,1H3,(H,11,14)(H,13,15). The van der Waals surface area contributed by atoms with Crippen LogP contribution in [0.1, 0.15) is 19.3 Å². The Bertz CT molecular complexity index is 227. The number of hydrogen-bond donors (Lipinski definition) is 3. The summed E-state index contributed by atoms with van der Waals surface area (Å²) in [5.41, 5.74) is 0. The van der Waals surface area contributed by atoms with Crippen molar-refractivity contribution < 1.29 is 9.59 Å². The number of carbonyl (C=O) groups excluding carboxylic acids is 2. The van der Waals surface area contributed by atoms with Gasteiger partial charge in [0.05, 0.1) is 0 Å². The lowest BCUT2D eigenvalue weighted by Gasteiger charge is -2.05. The number of rotatable bonds is 7. The summed E-state index contributed by atoms with van der Waals surface area (Å²) in [4.78, 5) is 22.0. The van der Waals surface area contributed by atoms with E-state index >= 15 is 0 Å². The Balaban J connectivity index is 1.84. The van der Waals surface area contributed by atoms with Crippen molar-refractivity contribution in [2.45, 2.75) is 19.3 Å². The van der Waals surface area contributed by atoms with Gasteiger partial charge in [0.2, 0.25) is 11.8 Å². The highest BCUT2D eigenvalue weighted by molar-refractivity contribution is 5.80. The molecule has 1 rings (SSSR count). The molecule has 1 fully saturated rings. The number of carbonyl (C=O) groups is 2. The molecular weight excluding hydrogens is 194 g/mol. The maximum Gasteiger partial charge on any atom is 0.223 e. The molecule has 0 atom stereocenters. The fourth-order valence-corrected chi connectivity index (χ4v) is 1.22. The van der Waals surface area contributed by atoms with E-state index < -0.39 is 0 Å². The van der Waals surface area contributed by atoms with E-state index in [1.807, 2.05) is 0 Å². The Hall–Kier alpha value is -1.10. The maximum atomic E-state index is 11.2. The van der Waals surface area contributed by atoms with Crippen LogP contribution in [0.5, 0.6) is 0 Å². The summed E-state index contributed by atoms with van der Waals surface area (Å²) >= 11 is 0. The first-order chi connectivity index (χ1) is 7.24. The van der Waals surface area contributed by atoms with Crippen molar-refractivity contribution in [3.8, 4) is 0 Å². The van der Waals surface area contributed by atoms with Crippen molar-refractivity contribution in [1.29, 1.82) is 0 Å². The molecule has 0 spiro atoms. The Morgan fingerprint density at radius 3 is 2.53 bits per heavy atom. The van der Waals surface area contributed by atoms with Crippen molar-refractivity contribution >= 4 is 11.8 Å². The van der Waals surface area contributed by atoms with Crippen LogP contribution in [0.3, 0.4) is 0 Å². The van der Waals surface area contributed by atoms with Crippen molar-refractivity contribution in [1.82, 2.24) is 16.0 Å². The largest absolute Gasteiger partial charge is 0.359 e. The second-order valence-corrected chi connectivity index (χ2v) is 3.74. The molecule has 0 aromatic carbocycles. The van der Waals surface area contributed by atoms with Gasteiger partial charge < -0.3 is 16.0 Å². The van der Waals surface area contributed by atoms with Gasteiger partial charge in [-0.3, -0.25) is 9.59 Å². The molecule has 0 bridgehead atoms.